The molecule has 1 amide bonds. The molecular formula is C13H23NO2. The normalized spacial score (nSPS) is 22.2. The minimum Gasteiger partial charge on any atom is -0.393 e. The van der Waals surface area contributed by atoms with E-state index in [2.05, 4.69) is 0 Å². The molecule has 0 aromatic rings. The first-order valence-corrected chi connectivity index (χ1v) is 6.52. The van der Waals surface area contributed by atoms with E-state index in [1.165, 1.54) is 25.7 Å². The van der Waals surface area contributed by atoms with Crippen LogP contribution in [0.1, 0.15) is 39.0 Å². The number of hydrogen-bond donors (Lipinski definition) is 1. The van der Waals surface area contributed by atoms with Crippen molar-refractivity contribution in [3.8, 4) is 0 Å². The van der Waals surface area contributed by atoms with Crippen LogP contribution in [-0.2, 0) is 4.79 Å². The fourth-order valence-corrected chi connectivity index (χ4v) is 2.44. The average molecular weight is 225 g/mol. The summed E-state index contributed by atoms with van der Waals surface area (Å²) < 4.78 is 0. The Balaban J connectivity index is 1.83. The van der Waals surface area contributed by atoms with Gasteiger partial charge >= 0.3 is 0 Å². The number of rotatable bonds is 6. The van der Waals surface area contributed by atoms with Gasteiger partial charge in [0, 0.05) is 19.5 Å². The van der Waals surface area contributed by atoms with Gasteiger partial charge < -0.3 is 10.0 Å². The molecule has 1 unspecified atom stereocenters. The van der Waals surface area contributed by atoms with Crippen molar-refractivity contribution in [1.82, 2.24) is 4.90 Å². The Morgan fingerprint density at radius 2 is 1.81 bits per heavy atom. The van der Waals surface area contributed by atoms with E-state index in [-0.39, 0.29) is 6.10 Å². The van der Waals surface area contributed by atoms with Crippen molar-refractivity contribution in [1.29, 1.82) is 0 Å². The molecule has 0 bridgehead atoms. The number of carbonyl (C=O) groups excluding carboxylic acids is 1. The summed E-state index contributed by atoms with van der Waals surface area (Å²) in [4.78, 5) is 14.1. The largest absolute Gasteiger partial charge is 0.393 e. The van der Waals surface area contributed by atoms with E-state index in [9.17, 15) is 9.90 Å². The zero-order chi connectivity index (χ0) is 11.7. The molecule has 2 rings (SSSR count). The van der Waals surface area contributed by atoms with E-state index < -0.39 is 0 Å². The van der Waals surface area contributed by atoms with Gasteiger partial charge in [0.25, 0.3) is 0 Å². The lowest BCUT2D eigenvalue weighted by atomic mass is 9.96. The van der Waals surface area contributed by atoms with E-state index >= 15 is 0 Å². The van der Waals surface area contributed by atoms with Crippen LogP contribution in [0.2, 0.25) is 0 Å². The maximum Gasteiger partial charge on any atom is 0.225 e. The van der Waals surface area contributed by atoms with Crippen molar-refractivity contribution < 1.29 is 9.90 Å². The fraction of sp³-hybridized carbons (Fsp3) is 0.923. The number of carbonyl (C=O) groups is 1. The topological polar surface area (TPSA) is 40.5 Å². The van der Waals surface area contributed by atoms with Gasteiger partial charge in [0.05, 0.1) is 6.10 Å². The van der Waals surface area contributed by atoms with Gasteiger partial charge in [-0.2, -0.15) is 0 Å². The Kier molecular flexibility index (Phi) is 3.53. The average Bonchev–Trinajstić information content (AvgIpc) is 3.06. The van der Waals surface area contributed by atoms with Crippen LogP contribution in [0, 0.1) is 17.8 Å². The van der Waals surface area contributed by atoms with Gasteiger partial charge in [-0.15, -0.1) is 0 Å². The molecule has 3 heteroatoms. The molecule has 0 saturated heterocycles. The molecule has 2 aliphatic rings. The third-order valence-electron chi connectivity index (χ3n) is 3.80. The third-order valence-corrected chi connectivity index (χ3v) is 3.80. The molecule has 2 aliphatic carbocycles. The molecule has 92 valence electrons. The van der Waals surface area contributed by atoms with Gasteiger partial charge in [0.2, 0.25) is 5.91 Å². The van der Waals surface area contributed by atoms with Gasteiger partial charge in [-0.05, 0) is 50.9 Å². The summed E-state index contributed by atoms with van der Waals surface area (Å²) >= 11 is 0. The van der Waals surface area contributed by atoms with Crippen molar-refractivity contribution in [2.45, 2.75) is 45.1 Å². The Bertz CT molecular complexity index is 245. The van der Waals surface area contributed by atoms with Crippen LogP contribution >= 0.6 is 0 Å². The minimum atomic E-state index is -0.310. The highest BCUT2D eigenvalue weighted by molar-refractivity contribution is 5.79. The highest BCUT2D eigenvalue weighted by Crippen LogP contribution is 2.49. The molecule has 0 aromatic heterocycles. The Morgan fingerprint density at radius 1 is 1.31 bits per heavy atom. The minimum absolute atomic E-state index is 0.305. The number of nitrogens with zero attached hydrogens (tertiary/aromatic N) is 1. The summed E-state index contributed by atoms with van der Waals surface area (Å²) in [5, 5.41) is 9.23. The summed E-state index contributed by atoms with van der Waals surface area (Å²) in [6, 6.07) is 0. The Morgan fingerprint density at radius 3 is 2.19 bits per heavy atom. The quantitative estimate of drug-likeness (QED) is 0.746. The fourth-order valence-electron chi connectivity index (χ4n) is 2.44. The van der Waals surface area contributed by atoms with Gasteiger partial charge in [-0.3, -0.25) is 4.79 Å². The first-order valence-electron chi connectivity index (χ1n) is 6.52. The lowest BCUT2D eigenvalue weighted by Crippen LogP contribution is -2.36. The van der Waals surface area contributed by atoms with Crippen molar-refractivity contribution in [2.24, 2.45) is 17.8 Å². The number of aliphatic hydroxyl groups is 1. The second-order valence-electron chi connectivity index (χ2n) is 5.60. The molecule has 1 atom stereocenters. The summed E-state index contributed by atoms with van der Waals surface area (Å²) in [6.45, 7) is 2.46. The van der Waals surface area contributed by atoms with Crippen LogP contribution in [0.4, 0.5) is 0 Å². The molecule has 3 nitrogen and oxygen atoms in total. The third kappa shape index (κ3) is 2.97. The lowest BCUT2D eigenvalue weighted by Gasteiger charge is -2.24. The molecular weight excluding hydrogens is 202 g/mol. The highest BCUT2D eigenvalue weighted by Gasteiger charge is 2.46. The van der Waals surface area contributed by atoms with E-state index in [0.29, 0.717) is 36.6 Å². The molecule has 0 aliphatic heterocycles. The van der Waals surface area contributed by atoms with Crippen LogP contribution in [0.3, 0.4) is 0 Å². The summed E-state index contributed by atoms with van der Waals surface area (Å²) in [7, 11) is 1.88. The van der Waals surface area contributed by atoms with Crippen LogP contribution in [-0.4, -0.2) is 35.6 Å². The molecule has 2 fully saturated rings. The van der Waals surface area contributed by atoms with Crippen LogP contribution in [0.5, 0.6) is 0 Å². The maximum atomic E-state index is 12.3. The Labute approximate surface area is 97.8 Å². The van der Waals surface area contributed by atoms with Crippen LogP contribution in [0.15, 0.2) is 0 Å². The molecule has 0 radical (unpaired) electrons. The standard InChI is InChI=1S/C13H23NO2/c1-9(15)7-8-14(2)13(16)12(10-3-4-10)11-5-6-11/h9-12,15H,3-8H2,1-2H3. The number of amides is 1. The van der Waals surface area contributed by atoms with Crippen molar-refractivity contribution >= 4 is 5.91 Å². The van der Waals surface area contributed by atoms with E-state index in [4.69, 9.17) is 0 Å². The highest BCUT2D eigenvalue weighted by atomic mass is 16.3. The first-order chi connectivity index (χ1) is 7.59. The molecule has 0 heterocycles. The smallest absolute Gasteiger partial charge is 0.225 e. The zero-order valence-electron chi connectivity index (χ0n) is 10.4. The summed E-state index contributed by atoms with van der Waals surface area (Å²) in [5.41, 5.74) is 0. The van der Waals surface area contributed by atoms with Gasteiger partial charge in [0.15, 0.2) is 0 Å². The predicted molar refractivity (Wildman–Crippen MR) is 62.9 cm³/mol. The monoisotopic (exact) mass is 225 g/mol. The van der Waals surface area contributed by atoms with Crippen LogP contribution < -0.4 is 0 Å². The number of hydrogen-bond acceptors (Lipinski definition) is 2. The maximum absolute atomic E-state index is 12.3. The predicted octanol–water partition coefficient (Wildman–Crippen LogP) is 1.65. The zero-order valence-corrected chi connectivity index (χ0v) is 10.4. The SMILES string of the molecule is CC(O)CCN(C)C(=O)C(C1CC1)C1CC1. The second-order valence-corrected chi connectivity index (χ2v) is 5.60. The summed E-state index contributed by atoms with van der Waals surface area (Å²) in [5.74, 6) is 1.98. The van der Waals surface area contributed by atoms with Gasteiger partial charge in [0.1, 0.15) is 0 Å². The summed E-state index contributed by atoms with van der Waals surface area (Å²) in [6.07, 6.45) is 5.36. The second kappa shape index (κ2) is 4.74. The lowest BCUT2D eigenvalue weighted by molar-refractivity contribution is -0.135. The molecule has 0 aromatic carbocycles. The van der Waals surface area contributed by atoms with Crippen LogP contribution in [0.25, 0.3) is 0 Å². The van der Waals surface area contributed by atoms with Crippen molar-refractivity contribution in [3.05, 3.63) is 0 Å². The van der Waals surface area contributed by atoms with Gasteiger partial charge in [-0.1, -0.05) is 0 Å². The van der Waals surface area contributed by atoms with E-state index in [1.54, 1.807) is 6.92 Å². The molecule has 0 spiro atoms. The molecule has 2 saturated carbocycles. The van der Waals surface area contributed by atoms with E-state index in [1.807, 2.05) is 11.9 Å². The van der Waals surface area contributed by atoms with Crippen molar-refractivity contribution in [3.63, 3.8) is 0 Å². The molecule has 1 N–H and O–H groups in total. The van der Waals surface area contributed by atoms with E-state index in [0.717, 1.165) is 0 Å². The first kappa shape index (κ1) is 11.9. The number of aliphatic hydroxyl groups excluding tert-OH is 1. The Hall–Kier alpha value is -0.570. The molecule has 16 heavy (non-hydrogen) atoms. The van der Waals surface area contributed by atoms with Crippen molar-refractivity contribution in [2.75, 3.05) is 13.6 Å². The van der Waals surface area contributed by atoms with Gasteiger partial charge in [-0.25, -0.2) is 0 Å².